The Morgan fingerprint density at radius 2 is 1.31 bits per heavy atom. The third-order valence-corrected chi connectivity index (χ3v) is 1.42. The van der Waals surface area contributed by atoms with Crippen LogP contribution in [0.3, 0.4) is 0 Å². The van der Waals surface area contributed by atoms with Crippen LogP contribution < -0.4 is 0 Å². The van der Waals surface area contributed by atoms with Crippen molar-refractivity contribution < 1.29 is 21.6 Å². The molecule has 0 bridgehead atoms. The van der Waals surface area contributed by atoms with Crippen LogP contribution in [0.1, 0.15) is 5.56 Å². The zero-order chi connectivity index (χ0) is 13.0. The highest BCUT2D eigenvalue weighted by Crippen LogP contribution is 2.29. The van der Waals surface area contributed by atoms with E-state index in [9.17, 15) is 13.2 Å². The third kappa shape index (κ3) is 9.08. The molecule has 0 aliphatic heterocycles. The van der Waals surface area contributed by atoms with E-state index in [-0.39, 0.29) is 0 Å². The van der Waals surface area contributed by atoms with E-state index in [2.05, 4.69) is 21.4 Å². The highest BCUT2D eigenvalue weighted by atomic mass is 36.0. The molecule has 0 aliphatic carbocycles. The molecule has 0 saturated carbocycles. The average Bonchev–Trinajstić information content (AvgIpc) is 1.99. The fourth-order valence-electron chi connectivity index (χ4n) is 0.639. The fraction of sp³-hybridized carbons (Fsp3) is 0.143. The lowest BCUT2D eigenvalue weighted by Gasteiger charge is -2.04. The van der Waals surface area contributed by atoms with Crippen LogP contribution in [0.4, 0.5) is 13.2 Å². The maximum atomic E-state index is 11.9. The lowest BCUT2D eigenvalue weighted by molar-refractivity contribution is -0.137. The minimum absolute atomic E-state index is 0.304. The molecule has 0 heterocycles. The van der Waals surface area contributed by atoms with Crippen molar-refractivity contribution >= 4 is 41.2 Å². The first kappa shape index (κ1) is 15.8. The molecule has 0 spiro atoms. The molecule has 0 saturated heterocycles. The van der Waals surface area contributed by atoms with Crippen molar-refractivity contribution in [2.45, 2.75) is 6.18 Å². The average molecular weight is 316 g/mol. The van der Waals surface area contributed by atoms with Gasteiger partial charge in [0.25, 0.3) is 0 Å². The third-order valence-electron chi connectivity index (χ3n) is 1.17. The number of benzene rings is 1. The minimum Gasteiger partial charge on any atom is -0.195 e. The van der Waals surface area contributed by atoms with E-state index in [0.29, 0.717) is 5.02 Å². The SMILES string of the molecule is FC(F)(F)c1ccc(Cl)cc1.O=S(=O)(Cl)Cl. The molecular weight excluding hydrogens is 311 g/mol. The van der Waals surface area contributed by atoms with E-state index in [0.717, 1.165) is 12.1 Å². The van der Waals surface area contributed by atoms with Crippen molar-refractivity contribution in [3.63, 3.8) is 0 Å². The number of halogens is 6. The predicted octanol–water partition coefficient (Wildman–Crippen LogP) is 4.07. The Hall–Kier alpha value is -0.170. The zero-order valence-corrected chi connectivity index (χ0v) is 10.4. The highest BCUT2D eigenvalue weighted by molar-refractivity contribution is 8.31. The van der Waals surface area contributed by atoms with Gasteiger partial charge in [-0.3, -0.25) is 0 Å². The van der Waals surface area contributed by atoms with Crippen LogP contribution in [-0.4, -0.2) is 8.42 Å². The van der Waals surface area contributed by atoms with Crippen molar-refractivity contribution in [1.82, 2.24) is 0 Å². The molecule has 16 heavy (non-hydrogen) atoms. The van der Waals surface area contributed by atoms with Crippen molar-refractivity contribution in [2.24, 2.45) is 0 Å². The first-order valence-corrected chi connectivity index (χ1v) is 6.98. The maximum Gasteiger partial charge on any atom is 0.416 e. The largest absolute Gasteiger partial charge is 0.416 e. The Morgan fingerprint density at radius 3 is 1.56 bits per heavy atom. The molecule has 2 nitrogen and oxygen atoms in total. The monoisotopic (exact) mass is 314 g/mol. The van der Waals surface area contributed by atoms with E-state index in [1.165, 1.54) is 12.1 Å². The van der Waals surface area contributed by atoms with Crippen molar-refractivity contribution in [3.8, 4) is 0 Å². The number of hydrogen-bond donors (Lipinski definition) is 0. The van der Waals surface area contributed by atoms with Gasteiger partial charge in [0.05, 0.1) is 5.56 Å². The van der Waals surface area contributed by atoms with Crippen LogP contribution >= 0.6 is 33.0 Å². The summed E-state index contributed by atoms with van der Waals surface area (Å²) in [4.78, 5) is 0. The molecule has 1 rings (SSSR count). The van der Waals surface area contributed by atoms with E-state index in [1.807, 2.05) is 0 Å². The molecule has 0 fully saturated rings. The summed E-state index contributed by atoms with van der Waals surface area (Å²) in [5, 5.41) is 0.304. The molecule has 0 N–H and O–H groups in total. The fourth-order valence-corrected chi connectivity index (χ4v) is 0.765. The smallest absolute Gasteiger partial charge is 0.195 e. The second kappa shape index (κ2) is 5.95. The van der Waals surface area contributed by atoms with Crippen LogP contribution in [0, 0.1) is 0 Å². The summed E-state index contributed by atoms with van der Waals surface area (Å²) in [6.45, 7) is 0. The molecule has 0 aromatic heterocycles. The topological polar surface area (TPSA) is 34.1 Å². The van der Waals surface area contributed by atoms with Crippen molar-refractivity contribution in [3.05, 3.63) is 34.9 Å². The van der Waals surface area contributed by atoms with Crippen LogP contribution in [0.2, 0.25) is 5.02 Å². The molecule has 0 atom stereocenters. The second-order valence-electron chi connectivity index (χ2n) is 2.38. The van der Waals surface area contributed by atoms with Crippen LogP contribution in [0.15, 0.2) is 24.3 Å². The van der Waals surface area contributed by atoms with Gasteiger partial charge in [-0.25, -0.2) is 0 Å². The Labute approximate surface area is 104 Å². The lowest BCUT2D eigenvalue weighted by atomic mass is 10.2. The van der Waals surface area contributed by atoms with E-state index < -0.39 is 20.0 Å². The van der Waals surface area contributed by atoms with Crippen molar-refractivity contribution in [1.29, 1.82) is 0 Å². The standard InChI is InChI=1S/C7H4ClF3.Cl2O2S/c8-6-3-1-5(2-4-6)7(9,10)11;1-5(2,3)4/h1-4H;. The molecule has 0 unspecified atom stereocenters. The Bertz CT molecular complexity index is 419. The quantitative estimate of drug-likeness (QED) is 0.676. The van der Waals surface area contributed by atoms with E-state index >= 15 is 0 Å². The summed E-state index contributed by atoms with van der Waals surface area (Å²) >= 11 is 5.39. The lowest BCUT2D eigenvalue weighted by Crippen LogP contribution is -2.03. The summed E-state index contributed by atoms with van der Waals surface area (Å²) in [5.41, 5.74) is -0.679. The van der Waals surface area contributed by atoms with Gasteiger partial charge in [0.15, 0.2) is 0 Å². The van der Waals surface area contributed by atoms with Gasteiger partial charge in [-0.05, 0) is 24.3 Å². The number of alkyl halides is 3. The second-order valence-corrected chi connectivity index (χ2v) is 6.49. The van der Waals surface area contributed by atoms with E-state index in [4.69, 9.17) is 20.0 Å². The molecular formula is C7H4Cl3F3O2S. The highest BCUT2D eigenvalue weighted by Gasteiger charge is 2.29. The summed E-state index contributed by atoms with van der Waals surface area (Å²) in [5.74, 6) is 0. The van der Waals surface area contributed by atoms with Gasteiger partial charge in [0, 0.05) is 26.4 Å². The molecule has 0 amide bonds. The summed E-state index contributed by atoms with van der Waals surface area (Å²) in [7, 11) is 4.81. The Kier molecular flexibility index (Phi) is 5.89. The van der Waals surface area contributed by atoms with Gasteiger partial charge < -0.3 is 0 Å². The molecule has 1 aromatic carbocycles. The zero-order valence-electron chi connectivity index (χ0n) is 7.30. The maximum absolute atomic E-state index is 11.9. The Balaban J connectivity index is 0.000000385. The van der Waals surface area contributed by atoms with Gasteiger partial charge in [-0.2, -0.15) is 21.6 Å². The van der Waals surface area contributed by atoms with Gasteiger partial charge in [0.1, 0.15) is 0 Å². The summed E-state index contributed by atoms with van der Waals surface area (Å²) in [6.07, 6.45) is -4.27. The van der Waals surface area contributed by atoms with Crippen LogP contribution in [0.5, 0.6) is 0 Å². The normalized spacial score (nSPS) is 11.6. The number of hydrogen-bond acceptors (Lipinski definition) is 2. The molecule has 0 radical (unpaired) electrons. The molecule has 9 heteroatoms. The molecule has 0 aliphatic rings. The van der Waals surface area contributed by atoms with Gasteiger partial charge in [0.2, 0.25) is 0 Å². The summed E-state index contributed by atoms with van der Waals surface area (Å²) in [6, 6.07) is 4.32. The first-order chi connectivity index (χ1) is 7.00. The van der Waals surface area contributed by atoms with E-state index in [1.54, 1.807) is 0 Å². The Morgan fingerprint density at radius 1 is 1.00 bits per heavy atom. The van der Waals surface area contributed by atoms with Gasteiger partial charge in [-0.15, -0.1) is 0 Å². The van der Waals surface area contributed by atoms with Gasteiger partial charge in [-0.1, -0.05) is 11.6 Å². The first-order valence-electron chi connectivity index (χ1n) is 3.47. The van der Waals surface area contributed by atoms with Crippen molar-refractivity contribution in [2.75, 3.05) is 0 Å². The van der Waals surface area contributed by atoms with Crippen LogP contribution in [-0.2, 0) is 14.4 Å². The minimum atomic E-state index is -4.27. The van der Waals surface area contributed by atoms with Gasteiger partial charge >= 0.3 is 14.4 Å². The number of rotatable bonds is 0. The summed E-state index contributed by atoms with van der Waals surface area (Å²) < 4.78 is 54.0. The molecule has 92 valence electrons. The van der Waals surface area contributed by atoms with Crippen LogP contribution in [0.25, 0.3) is 0 Å². The predicted molar refractivity (Wildman–Crippen MR) is 57.1 cm³/mol. The molecule has 1 aromatic rings.